The van der Waals surface area contributed by atoms with Gasteiger partial charge in [-0.15, -0.1) is 0 Å². The highest BCUT2D eigenvalue weighted by atomic mass is 35.5. The third-order valence-corrected chi connectivity index (χ3v) is 6.58. The van der Waals surface area contributed by atoms with E-state index >= 15 is 0 Å². The lowest BCUT2D eigenvalue weighted by atomic mass is 10.2. The van der Waals surface area contributed by atoms with Gasteiger partial charge >= 0.3 is 0 Å². The van der Waals surface area contributed by atoms with E-state index in [1.807, 2.05) is 23.1 Å². The van der Waals surface area contributed by atoms with E-state index in [0.29, 0.717) is 29.0 Å². The Kier molecular flexibility index (Phi) is 4.79. The molecule has 3 heterocycles. The fourth-order valence-electron chi connectivity index (χ4n) is 3.56. The molecule has 1 aliphatic heterocycles. The molecule has 0 aliphatic carbocycles. The molecule has 1 saturated heterocycles. The SMILES string of the molecule is O=S(=O)(Cc1ccccc1)n1ccc2nc(Cl)nc(N3CCC[C@H]3CO)c21. The fraction of sp³-hybridized carbons (Fsp3) is 0.333. The molecule has 0 saturated carbocycles. The molecule has 7 nitrogen and oxygen atoms in total. The summed E-state index contributed by atoms with van der Waals surface area (Å²) < 4.78 is 27.4. The number of anilines is 1. The predicted molar refractivity (Wildman–Crippen MR) is 104 cm³/mol. The quantitative estimate of drug-likeness (QED) is 0.654. The van der Waals surface area contributed by atoms with Gasteiger partial charge in [0.25, 0.3) is 0 Å². The maximum atomic E-state index is 13.1. The largest absolute Gasteiger partial charge is 0.394 e. The fourth-order valence-corrected chi connectivity index (χ4v) is 5.19. The summed E-state index contributed by atoms with van der Waals surface area (Å²) in [6.07, 6.45) is 3.20. The molecule has 1 atom stereocenters. The zero-order valence-corrected chi connectivity index (χ0v) is 16.1. The van der Waals surface area contributed by atoms with Crippen molar-refractivity contribution >= 4 is 38.5 Å². The van der Waals surface area contributed by atoms with Crippen molar-refractivity contribution in [2.24, 2.45) is 0 Å². The number of hydrogen-bond donors (Lipinski definition) is 1. The number of fused-ring (bicyclic) bond motifs is 1. The Labute approximate surface area is 162 Å². The summed E-state index contributed by atoms with van der Waals surface area (Å²) in [6, 6.07) is 10.5. The second-order valence-electron chi connectivity index (χ2n) is 6.58. The van der Waals surface area contributed by atoms with Crippen LogP contribution in [-0.2, 0) is 15.8 Å². The third-order valence-electron chi connectivity index (χ3n) is 4.80. The molecule has 3 aromatic rings. The second-order valence-corrected chi connectivity index (χ2v) is 8.76. The maximum Gasteiger partial charge on any atom is 0.243 e. The molecule has 0 radical (unpaired) electrons. The minimum atomic E-state index is -3.68. The van der Waals surface area contributed by atoms with Crippen LogP contribution in [0.1, 0.15) is 18.4 Å². The van der Waals surface area contributed by atoms with E-state index in [1.54, 1.807) is 18.2 Å². The Morgan fingerprint density at radius 1 is 1.19 bits per heavy atom. The molecule has 2 aromatic heterocycles. The van der Waals surface area contributed by atoms with Gasteiger partial charge in [-0.2, -0.15) is 4.98 Å². The van der Waals surface area contributed by atoms with Crippen molar-refractivity contribution < 1.29 is 13.5 Å². The lowest BCUT2D eigenvalue weighted by molar-refractivity contribution is 0.266. The van der Waals surface area contributed by atoms with Crippen LogP contribution in [0.3, 0.4) is 0 Å². The molecule has 9 heteroatoms. The van der Waals surface area contributed by atoms with Crippen LogP contribution in [0.5, 0.6) is 0 Å². The van der Waals surface area contributed by atoms with Crippen LogP contribution in [-0.4, -0.2) is 46.7 Å². The monoisotopic (exact) mass is 406 g/mol. The smallest absolute Gasteiger partial charge is 0.243 e. The van der Waals surface area contributed by atoms with Crippen molar-refractivity contribution in [1.82, 2.24) is 13.9 Å². The summed E-state index contributed by atoms with van der Waals surface area (Å²) in [5.41, 5.74) is 1.56. The van der Waals surface area contributed by atoms with Gasteiger partial charge in [0.15, 0.2) is 5.82 Å². The predicted octanol–water partition coefficient (Wildman–Crippen LogP) is 2.42. The van der Waals surface area contributed by atoms with Crippen molar-refractivity contribution in [3.8, 4) is 0 Å². The van der Waals surface area contributed by atoms with Crippen molar-refractivity contribution in [1.29, 1.82) is 0 Å². The lowest BCUT2D eigenvalue weighted by Gasteiger charge is -2.25. The standard InChI is InChI=1S/C18H19ClN4O3S/c19-18-20-15-8-10-23(27(25,26)12-13-5-2-1-3-6-13)16(15)17(21-18)22-9-4-7-14(22)11-24/h1-3,5-6,8,10,14,24H,4,7,9,11-12H2/t14-/m0/s1. The molecule has 1 aromatic carbocycles. The van der Waals surface area contributed by atoms with E-state index in [0.717, 1.165) is 12.8 Å². The van der Waals surface area contributed by atoms with Gasteiger partial charge in [-0.3, -0.25) is 0 Å². The van der Waals surface area contributed by atoms with Crippen LogP contribution in [0, 0.1) is 0 Å². The van der Waals surface area contributed by atoms with Gasteiger partial charge in [0.05, 0.1) is 23.9 Å². The minimum absolute atomic E-state index is 0.0272. The van der Waals surface area contributed by atoms with Gasteiger partial charge in [-0.05, 0) is 36.1 Å². The number of nitrogens with zero attached hydrogens (tertiary/aromatic N) is 4. The van der Waals surface area contributed by atoms with Gasteiger partial charge in [0, 0.05) is 12.7 Å². The number of hydrogen-bond acceptors (Lipinski definition) is 6. The Morgan fingerprint density at radius 3 is 2.70 bits per heavy atom. The zero-order valence-electron chi connectivity index (χ0n) is 14.5. The number of aromatic nitrogens is 3. The van der Waals surface area contributed by atoms with Crippen molar-refractivity contribution in [3.63, 3.8) is 0 Å². The Balaban J connectivity index is 1.85. The third kappa shape index (κ3) is 3.40. The lowest BCUT2D eigenvalue weighted by Crippen LogP contribution is -2.33. The van der Waals surface area contributed by atoms with Crippen LogP contribution in [0.4, 0.5) is 5.82 Å². The molecule has 0 amide bonds. The van der Waals surface area contributed by atoms with Crippen molar-refractivity contribution in [3.05, 3.63) is 53.4 Å². The number of aliphatic hydroxyl groups excluding tert-OH is 1. The molecule has 0 bridgehead atoms. The molecular weight excluding hydrogens is 388 g/mol. The first-order chi connectivity index (χ1) is 13.0. The summed E-state index contributed by atoms with van der Waals surface area (Å²) in [4.78, 5) is 10.4. The van der Waals surface area contributed by atoms with E-state index in [4.69, 9.17) is 11.6 Å². The topological polar surface area (TPSA) is 88.3 Å². The van der Waals surface area contributed by atoms with Crippen molar-refractivity contribution in [2.75, 3.05) is 18.1 Å². The normalized spacial score (nSPS) is 17.7. The summed E-state index contributed by atoms with van der Waals surface area (Å²) in [6.45, 7) is 0.651. The first-order valence-electron chi connectivity index (χ1n) is 8.69. The maximum absolute atomic E-state index is 13.1. The van der Waals surface area contributed by atoms with Crippen LogP contribution >= 0.6 is 11.6 Å². The molecule has 142 valence electrons. The van der Waals surface area contributed by atoms with Gasteiger partial charge in [0.1, 0.15) is 5.52 Å². The van der Waals surface area contributed by atoms with Gasteiger partial charge in [0.2, 0.25) is 15.3 Å². The summed E-state index contributed by atoms with van der Waals surface area (Å²) in [7, 11) is -3.68. The molecule has 0 unspecified atom stereocenters. The van der Waals surface area contributed by atoms with Crippen molar-refractivity contribution in [2.45, 2.75) is 24.6 Å². The van der Waals surface area contributed by atoms with Gasteiger partial charge in [-0.25, -0.2) is 17.4 Å². The highest BCUT2D eigenvalue weighted by Crippen LogP contribution is 2.32. The van der Waals surface area contributed by atoms with Crippen LogP contribution in [0.15, 0.2) is 42.6 Å². The Morgan fingerprint density at radius 2 is 1.96 bits per heavy atom. The molecule has 1 fully saturated rings. The number of rotatable bonds is 5. The molecule has 0 spiro atoms. The van der Waals surface area contributed by atoms with Crippen LogP contribution in [0.2, 0.25) is 5.28 Å². The van der Waals surface area contributed by atoms with E-state index in [1.165, 1.54) is 10.2 Å². The number of halogens is 1. The summed E-state index contributed by atoms with van der Waals surface area (Å²) >= 11 is 6.08. The molecule has 4 rings (SSSR count). The molecule has 1 aliphatic rings. The van der Waals surface area contributed by atoms with Gasteiger partial charge < -0.3 is 10.0 Å². The highest BCUT2D eigenvalue weighted by molar-refractivity contribution is 7.89. The number of benzene rings is 1. The summed E-state index contributed by atoms with van der Waals surface area (Å²) in [5, 5.41) is 9.73. The number of aliphatic hydroxyl groups is 1. The summed E-state index contributed by atoms with van der Waals surface area (Å²) in [5.74, 6) is 0.312. The first kappa shape index (κ1) is 18.2. The minimum Gasteiger partial charge on any atom is -0.394 e. The van der Waals surface area contributed by atoms with E-state index in [9.17, 15) is 13.5 Å². The van der Waals surface area contributed by atoms with Crippen LogP contribution < -0.4 is 4.90 Å². The highest BCUT2D eigenvalue weighted by Gasteiger charge is 2.30. The molecule has 27 heavy (non-hydrogen) atoms. The average Bonchev–Trinajstić information content (AvgIpc) is 3.28. The van der Waals surface area contributed by atoms with Gasteiger partial charge in [-0.1, -0.05) is 30.3 Å². The van der Waals surface area contributed by atoms with Crippen LogP contribution in [0.25, 0.3) is 11.0 Å². The van der Waals surface area contributed by atoms with E-state index in [-0.39, 0.29) is 23.7 Å². The Hall–Kier alpha value is -2.16. The molecule has 1 N–H and O–H groups in total. The zero-order chi connectivity index (χ0) is 19.0. The van der Waals surface area contributed by atoms with E-state index < -0.39 is 10.0 Å². The average molecular weight is 407 g/mol. The van der Waals surface area contributed by atoms with E-state index in [2.05, 4.69) is 9.97 Å². The Bertz CT molecular complexity index is 1070. The second kappa shape index (κ2) is 7.10. The first-order valence-corrected chi connectivity index (χ1v) is 10.7. The molecular formula is C18H19ClN4O3S.